The Morgan fingerprint density at radius 3 is 2.55 bits per heavy atom. The van der Waals surface area contributed by atoms with Crippen LogP contribution in [-0.4, -0.2) is 58.4 Å². The predicted octanol–water partition coefficient (Wildman–Crippen LogP) is 1.10. The largest absolute Gasteiger partial charge is 0.481 e. The second-order valence-corrected chi connectivity index (χ2v) is 7.26. The van der Waals surface area contributed by atoms with E-state index in [-0.39, 0.29) is 30.7 Å². The summed E-state index contributed by atoms with van der Waals surface area (Å²) in [6.45, 7) is 2.95. The average molecular weight is 308 g/mol. The van der Waals surface area contributed by atoms with Crippen LogP contribution in [-0.2, 0) is 14.4 Å². The van der Waals surface area contributed by atoms with E-state index in [2.05, 4.69) is 0 Å². The van der Waals surface area contributed by atoms with Crippen molar-refractivity contribution in [3.05, 3.63) is 0 Å². The van der Waals surface area contributed by atoms with Crippen LogP contribution in [0.25, 0.3) is 0 Å². The van der Waals surface area contributed by atoms with Crippen LogP contribution in [0.2, 0.25) is 0 Å². The minimum absolute atomic E-state index is 0.0428. The molecule has 6 nitrogen and oxygen atoms in total. The Morgan fingerprint density at radius 1 is 1.27 bits per heavy atom. The standard InChI is InChI=1S/C16H24N2O4/c1-16(15(21)22)6-7-17(10-16)14(20)11-8-13(19)18(9-11)12-4-2-3-5-12/h11-12H,2-10H2,1H3,(H,21,22). The zero-order chi connectivity index (χ0) is 15.9. The van der Waals surface area contributed by atoms with Gasteiger partial charge in [0.15, 0.2) is 0 Å². The van der Waals surface area contributed by atoms with Crippen molar-refractivity contribution in [1.82, 2.24) is 9.80 Å². The van der Waals surface area contributed by atoms with E-state index < -0.39 is 11.4 Å². The normalized spacial score (nSPS) is 33.0. The van der Waals surface area contributed by atoms with E-state index in [1.165, 1.54) is 0 Å². The monoisotopic (exact) mass is 308 g/mol. The van der Waals surface area contributed by atoms with Gasteiger partial charge in [-0.05, 0) is 26.2 Å². The van der Waals surface area contributed by atoms with E-state index >= 15 is 0 Å². The highest BCUT2D eigenvalue weighted by atomic mass is 16.4. The zero-order valence-electron chi connectivity index (χ0n) is 13.1. The van der Waals surface area contributed by atoms with Gasteiger partial charge in [-0.1, -0.05) is 12.8 Å². The van der Waals surface area contributed by atoms with Crippen molar-refractivity contribution >= 4 is 17.8 Å². The summed E-state index contributed by atoms with van der Waals surface area (Å²) < 4.78 is 0. The molecule has 3 fully saturated rings. The number of nitrogens with zero attached hydrogens (tertiary/aromatic N) is 2. The summed E-state index contributed by atoms with van der Waals surface area (Å²) in [6, 6.07) is 0.313. The molecule has 22 heavy (non-hydrogen) atoms. The van der Waals surface area contributed by atoms with Crippen LogP contribution in [0.3, 0.4) is 0 Å². The SMILES string of the molecule is CC1(C(=O)O)CCN(C(=O)C2CC(=O)N(C3CCCC3)C2)C1. The Hall–Kier alpha value is -1.59. The highest BCUT2D eigenvalue weighted by Gasteiger charge is 2.46. The van der Waals surface area contributed by atoms with Gasteiger partial charge >= 0.3 is 5.97 Å². The van der Waals surface area contributed by atoms with Crippen molar-refractivity contribution in [2.75, 3.05) is 19.6 Å². The molecule has 6 heteroatoms. The highest BCUT2D eigenvalue weighted by molar-refractivity contribution is 5.90. The Kier molecular flexibility index (Phi) is 3.87. The molecular formula is C16H24N2O4. The van der Waals surface area contributed by atoms with E-state index in [1.54, 1.807) is 11.8 Å². The van der Waals surface area contributed by atoms with Crippen LogP contribution in [0.4, 0.5) is 0 Å². The number of aliphatic carboxylic acids is 1. The first kappa shape index (κ1) is 15.3. The molecule has 0 aromatic heterocycles. The molecule has 2 heterocycles. The minimum atomic E-state index is -0.849. The third-order valence-electron chi connectivity index (χ3n) is 5.57. The summed E-state index contributed by atoms with van der Waals surface area (Å²) >= 11 is 0. The average Bonchev–Trinajstić information content (AvgIpc) is 3.17. The van der Waals surface area contributed by atoms with Gasteiger partial charge in [0.05, 0.1) is 11.3 Å². The number of amides is 2. The van der Waals surface area contributed by atoms with Crippen LogP contribution in [0, 0.1) is 11.3 Å². The van der Waals surface area contributed by atoms with Gasteiger partial charge in [0.25, 0.3) is 0 Å². The second kappa shape index (κ2) is 5.56. The van der Waals surface area contributed by atoms with Crippen molar-refractivity contribution in [1.29, 1.82) is 0 Å². The lowest BCUT2D eigenvalue weighted by Gasteiger charge is -2.25. The Balaban J connectivity index is 1.62. The topological polar surface area (TPSA) is 77.9 Å². The first-order valence-corrected chi connectivity index (χ1v) is 8.22. The first-order valence-electron chi connectivity index (χ1n) is 8.22. The molecule has 3 rings (SSSR count). The van der Waals surface area contributed by atoms with Gasteiger partial charge in [-0.2, -0.15) is 0 Å². The number of hydrogen-bond donors (Lipinski definition) is 1. The number of carboxylic acids is 1. The molecule has 2 saturated heterocycles. The maximum Gasteiger partial charge on any atom is 0.311 e. The number of carbonyl (C=O) groups is 3. The summed E-state index contributed by atoms with van der Waals surface area (Å²) in [5.41, 5.74) is -0.844. The Morgan fingerprint density at radius 2 is 1.95 bits per heavy atom. The molecule has 2 unspecified atom stereocenters. The van der Waals surface area contributed by atoms with Gasteiger partial charge < -0.3 is 14.9 Å². The van der Waals surface area contributed by atoms with Crippen molar-refractivity contribution in [3.63, 3.8) is 0 Å². The maximum absolute atomic E-state index is 12.6. The van der Waals surface area contributed by atoms with Crippen molar-refractivity contribution in [2.45, 2.75) is 51.5 Å². The number of carboxylic acid groups (broad SMARTS) is 1. The number of likely N-dealkylation sites (tertiary alicyclic amines) is 2. The van der Waals surface area contributed by atoms with Crippen LogP contribution in [0.5, 0.6) is 0 Å². The molecular weight excluding hydrogens is 284 g/mol. The quantitative estimate of drug-likeness (QED) is 0.847. The van der Waals surface area contributed by atoms with Gasteiger partial charge in [0.1, 0.15) is 0 Å². The van der Waals surface area contributed by atoms with Gasteiger partial charge in [-0.15, -0.1) is 0 Å². The molecule has 2 atom stereocenters. The summed E-state index contributed by atoms with van der Waals surface area (Å²) in [4.78, 5) is 39.6. The van der Waals surface area contributed by atoms with Crippen LogP contribution < -0.4 is 0 Å². The van der Waals surface area contributed by atoms with Crippen molar-refractivity contribution < 1.29 is 19.5 Å². The van der Waals surface area contributed by atoms with E-state index in [0.29, 0.717) is 25.6 Å². The van der Waals surface area contributed by atoms with Gasteiger partial charge in [-0.3, -0.25) is 14.4 Å². The number of rotatable bonds is 3. The lowest BCUT2D eigenvalue weighted by Crippen LogP contribution is -2.40. The van der Waals surface area contributed by atoms with Crippen molar-refractivity contribution in [2.24, 2.45) is 11.3 Å². The molecule has 0 bridgehead atoms. The van der Waals surface area contributed by atoms with E-state index in [9.17, 15) is 19.5 Å². The lowest BCUT2D eigenvalue weighted by atomic mass is 9.90. The molecule has 0 aromatic rings. The fourth-order valence-corrected chi connectivity index (χ4v) is 4.05. The first-order chi connectivity index (χ1) is 10.4. The molecule has 0 radical (unpaired) electrons. The lowest BCUT2D eigenvalue weighted by molar-refractivity contribution is -0.147. The predicted molar refractivity (Wildman–Crippen MR) is 79.0 cm³/mol. The number of hydrogen-bond acceptors (Lipinski definition) is 3. The fourth-order valence-electron chi connectivity index (χ4n) is 4.05. The van der Waals surface area contributed by atoms with Crippen molar-refractivity contribution in [3.8, 4) is 0 Å². The van der Waals surface area contributed by atoms with E-state index in [0.717, 1.165) is 25.7 Å². The molecule has 1 N–H and O–H groups in total. The summed E-state index contributed by atoms with van der Waals surface area (Å²) in [7, 11) is 0. The fraction of sp³-hybridized carbons (Fsp3) is 0.812. The summed E-state index contributed by atoms with van der Waals surface area (Å²) in [5.74, 6) is -1.09. The van der Waals surface area contributed by atoms with E-state index in [4.69, 9.17) is 0 Å². The maximum atomic E-state index is 12.6. The smallest absolute Gasteiger partial charge is 0.311 e. The van der Waals surface area contributed by atoms with Crippen LogP contribution in [0.15, 0.2) is 0 Å². The Labute approximate surface area is 130 Å². The highest BCUT2D eigenvalue weighted by Crippen LogP contribution is 2.34. The van der Waals surface area contributed by atoms with E-state index in [1.807, 2.05) is 4.90 Å². The summed E-state index contributed by atoms with van der Waals surface area (Å²) in [5, 5.41) is 9.26. The zero-order valence-corrected chi connectivity index (χ0v) is 13.1. The third-order valence-corrected chi connectivity index (χ3v) is 5.57. The van der Waals surface area contributed by atoms with Crippen LogP contribution in [0.1, 0.15) is 45.4 Å². The molecule has 3 aliphatic rings. The van der Waals surface area contributed by atoms with Gasteiger partial charge in [-0.25, -0.2) is 0 Å². The molecule has 0 aromatic carbocycles. The molecule has 2 amide bonds. The molecule has 122 valence electrons. The molecule has 1 aliphatic carbocycles. The Bertz CT molecular complexity index is 500. The second-order valence-electron chi connectivity index (χ2n) is 7.26. The third kappa shape index (κ3) is 2.59. The molecule has 2 aliphatic heterocycles. The van der Waals surface area contributed by atoms with Gasteiger partial charge in [0.2, 0.25) is 11.8 Å². The summed E-state index contributed by atoms with van der Waals surface area (Å²) in [6.07, 6.45) is 5.20. The van der Waals surface area contributed by atoms with Gasteiger partial charge in [0, 0.05) is 32.1 Å². The molecule has 1 saturated carbocycles. The minimum Gasteiger partial charge on any atom is -0.481 e. The number of carbonyl (C=O) groups excluding carboxylic acids is 2. The van der Waals surface area contributed by atoms with Crippen LogP contribution >= 0.6 is 0 Å². The molecule has 0 spiro atoms.